The summed E-state index contributed by atoms with van der Waals surface area (Å²) in [5.74, 6) is 5.93. The molecule has 1 fully saturated rings. The number of carbonyl (C=O) groups excluding carboxylic acids is 1. The Bertz CT molecular complexity index is 413. The molecule has 1 aliphatic rings. The summed E-state index contributed by atoms with van der Waals surface area (Å²) in [7, 11) is 0. The average molecular weight is 275 g/mol. The number of piperidine rings is 1. The number of rotatable bonds is 5. The highest BCUT2D eigenvalue weighted by molar-refractivity contribution is 5.81. The first-order chi connectivity index (χ1) is 9.74. The maximum atomic E-state index is 11.7. The van der Waals surface area contributed by atoms with E-state index < -0.39 is 0 Å². The van der Waals surface area contributed by atoms with E-state index in [0.29, 0.717) is 0 Å². The van der Waals surface area contributed by atoms with Gasteiger partial charge in [-0.25, -0.2) is 5.84 Å². The third-order valence-electron chi connectivity index (χ3n) is 4.29. The van der Waals surface area contributed by atoms with Crippen LogP contribution in [-0.2, 0) is 11.2 Å². The molecule has 1 saturated heterocycles. The number of hydrogen-bond donors (Lipinski definition) is 2. The molecule has 0 aromatic heterocycles. The molecule has 110 valence electrons. The molecule has 1 aromatic carbocycles. The van der Waals surface area contributed by atoms with Gasteiger partial charge in [0.15, 0.2) is 0 Å². The van der Waals surface area contributed by atoms with Crippen LogP contribution in [0.1, 0.15) is 31.7 Å². The zero-order valence-electron chi connectivity index (χ0n) is 12.2. The van der Waals surface area contributed by atoms with Crippen molar-refractivity contribution in [2.45, 2.75) is 38.6 Å². The maximum Gasteiger partial charge on any atom is 0.251 e. The van der Waals surface area contributed by atoms with E-state index in [4.69, 9.17) is 5.84 Å². The lowest BCUT2D eigenvalue weighted by Crippen LogP contribution is -2.51. The van der Waals surface area contributed by atoms with Crippen LogP contribution in [0.25, 0.3) is 0 Å². The Morgan fingerprint density at radius 2 is 2.00 bits per heavy atom. The van der Waals surface area contributed by atoms with Crippen molar-refractivity contribution in [2.75, 3.05) is 13.1 Å². The van der Waals surface area contributed by atoms with Gasteiger partial charge in [0.2, 0.25) is 0 Å². The van der Waals surface area contributed by atoms with Crippen LogP contribution in [0, 0.1) is 5.92 Å². The number of hydrogen-bond acceptors (Lipinski definition) is 3. The molecule has 0 saturated carbocycles. The van der Waals surface area contributed by atoms with Crippen molar-refractivity contribution in [1.82, 2.24) is 10.3 Å². The molecule has 0 spiro atoms. The van der Waals surface area contributed by atoms with Gasteiger partial charge in [0.1, 0.15) is 0 Å². The summed E-state index contributed by atoms with van der Waals surface area (Å²) in [5.41, 5.74) is 3.70. The summed E-state index contributed by atoms with van der Waals surface area (Å²) >= 11 is 0. The van der Waals surface area contributed by atoms with E-state index in [2.05, 4.69) is 40.7 Å². The monoisotopic (exact) mass is 275 g/mol. The van der Waals surface area contributed by atoms with E-state index in [1.54, 1.807) is 0 Å². The van der Waals surface area contributed by atoms with Crippen LogP contribution in [0.4, 0.5) is 0 Å². The predicted molar refractivity (Wildman–Crippen MR) is 80.9 cm³/mol. The number of nitrogens with zero attached hydrogens (tertiary/aromatic N) is 1. The van der Waals surface area contributed by atoms with Crippen LogP contribution in [-0.4, -0.2) is 29.9 Å². The lowest BCUT2D eigenvalue weighted by Gasteiger charge is -2.36. The van der Waals surface area contributed by atoms with Crippen LogP contribution in [0.3, 0.4) is 0 Å². The van der Waals surface area contributed by atoms with Gasteiger partial charge in [-0.15, -0.1) is 0 Å². The fourth-order valence-corrected chi connectivity index (χ4v) is 3.12. The van der Waals surface area contributed by atoms with Gasteiger partial charge in [0.25, 0.3) is 5.91 Å². The lowest BCUT2D eigenvalue weighted by molar-refractivity contribution is -0.127. The van der Waals surface area contributed by atoms with Crippen molar-refractivity contribution in [3.8, 4) is 0 Å². The number of carbonyl (C=O) groups is 1. The highest BCUT2D eigenvalue weighted by Crippen LogP contribution is 2.23. The van der Waals surface area contributed by atoms with Crippen LogP contribution < -0.4 is 11.3 Å². The van der Waals surface area contributed by atoms with E-state index in [1.165, 1.54) is 5.56 Å². The van der Waals surface area contributed by atoms with E-state index in [9.17, 15) is 4.79 Å². The second kappa shape index (κ2) is 7.41. The van der Waals surface area contributed by atoms with Crippen LogP contribution >= 0.6 is 0 Å². The molecule has 1 amide bonds. The largest absolute Gasteiger partial charge is 0.293 e. The van der Waals surface area contributed by atoms with Gasteiger partial charge < -0.3 is 0 Å². The minimum absolute atomic E-state index is 0.0611. The molecule has 0 radical (unpaired) electrons. The minimum atomic E-state index is -0.0716. The Morgan fingerprint density at radius 3 is 2.55 bits per heavy atom. The fourth-order valence-electron chi connectivity index (χ4n) is 3.12. The van der Waals surface area contributed by atoms with Gasteiger partial charge in [0.05, 0.1) is 6.04 Å². The average Bonchev–Trinajstić information content (AvgIpc) is 2.50. The number of likely N-dealkylation sites (tertiary alicyclic amines) is 1. The summed E-state index contributed by atoms with van der Waals surface area (Å²) in [6.45, 7) is 4.02. The van der Waals surface area contributed by atoms with Crippen LogP contribution in [0.15, 0.2) is 30.3 Å². The molecule has 3 N–H and O–H groups in total. The van der Waals surface area contributed by atoms with Gasteiger partial charge >= 0.3 is 0 Å². The number of amides is 1. The molecule has 1 atom stereocenters. The molecule has 0 aliphatic carbocycles. The third kappa shape index (κ3) is 3.81. The molecule has 4 nitrogen and oxygen atoms in total. The number of benzene rings is 1. The van der Waals surface area contributed by atoms with Crippen LogP contribution in [0.5, 0.6) is 0 Å². The minimum Gasteiger partial charge on any atom is -0.293 e. The zero-order valence-corrected chi connectivity index (χ0v) is 12.2. The first kappa shape index (κ1) is 15.0. The van der Waals surface area contributed by atoms with Gasteiger partial charge in [-0.05, 0) is 50.3 Å². The molecule has 0 bridgehead atoms. The van der Waals surface area contributed by atoms with Gasteiger partial charge in [-0.2, -0.15) is 0 Å². The normalized spacial score (nSPS) is 18.7. The molecule has 1 heterocycles. The van der Waals surface area contributed by atoms with Gasteiger partial charge in [0, 0.05) is 0 Å². The quantitative estimate of drug-likeness (QED) is 0.488. The summed E-state index contributed by atoms with van der Waals surface area (Å²) in [6, 6.07) is 10.6. The standard InChI is InChI=1S/C16H25N3O/c1-2-15(16(20)18-17)19-10-8-14(9-11-19)12-13-6-4-3-5-7-13/h3-7,14-15H,2,8-12,17H2,1H3,(H,18,20). The topological polar surface area (TPSA) is 58.4 Å². The summed E-state index contributed by atoms with van der Waals surface area (Å²) in [4.78, 5) is 14.0. The highest BCUT2D eigenvalue weighted by Gasteiger charge is 2.28. The Balaban J connectivity index is 1.84. The SMILES string of the molecule is CCC(C(=O)NN)N1CCC(Cc2ccccc2)CC1. The zero-order chi connectivity index (χ0) is 14.4. The number of nitrogens with two attached hydrogens (primary N) is 1. The lowest BCUT2D eigenvalue weighted by atomic mass is 9.89. The predicted octanol–water partition coefficient (Wildman–Crippen LogP) is 1.71. The van der Waals surface area contributed by atoms with E-state index in [-0.39, 0.29) is 11.9 Å². The highest BCUT2D eigenvalue weighted by atomic mass is 16.2. The Morgan fingerprint density at radius 1 is 1.35 bits per heavy atom. The van der Waals surface area contributed by atoms with Crippen molar-refractivity contribution in [1.29, 1.82) is 0 Å². The first-order valence-corrected chi connectivity index (χ1v) is 7.53. The third-order valence-corrected chi connectivity index (χ3v) is 4.29. The summed E-state index contributed by atoms with van der Waals surface area (Å²) < 4.78 is 0. The number of nitrogens with one attached hydrogen (secondary N) is 1. The maximum absolute atomic E-state index is 11.7. The Labute approximate surface area is 121 Å². The second-order valence-electron chi connectivity index (χ2n) is 5.60. The Kier molecular flexibility index (Phi) is 5.56. The molecule has 1 unspecified atom stereocenters. The molecule has 20 heavy (non-hydrogen) atoms. The fraction of sp³-hybridized carbons (Fsp3) is 0.562. The molecule has 4 heteroatoms. The molecule has 1 aliphatic heterocycles. The molecular formula is C16H25N3O. The summed E-state index contributed by atoms with van der Waals surface area (Å²) in [5, 5.41) is 0. The Hall–Kier alpha value is -1.39. The van der Waals surface area contributed by atoms with Crippen molar-refractivity contribution in [3.63, 3.8) is 0 Å². The summed E-state index contributed by atoms with van der Waals surface area (Å²) in [6.07, 6.45) is 4.27. The van der Waals surface area contributed by atoms with Crippen molar-refractivity contribution >= 4 is 5.91 Å². The van der Waals surface area contributed by atoms with Gasteiger partial charge in [-0.3, -0.25) is 15.1 Å². The number of hydrazine groups is 1. The van der Waals surface area contributed by atoms with Gasteiger partial charge in [-0.1, -0.05) is 37.3 Å². The van der Waals surface area contributed by atoms with Crippen molar-refractivity contribution in [2.24, 2.45) is 11.8 Å². The second-order valence-corrected chi connectivity index (χ2v) is 5.60. The van der Waals surface area contributed by atoms with Crippen molar-refractivity contribution in [3.05, 3.63) is 35.9 Å². The van der Waals surface area contributed by atoms with E-state index >= 15 is 0 Å². The van der Waals surface area contributed by atoms with E-state index in [1.807, 2.05) is 6.92 Å². The molecule has 2 rings (SSSR count). The smallest absolute Gasteiger partial charge is 0.251 e. The first-order valence-electron chi connectivity index (χ1n) is 7.53. The molecule has 1 aromatic rings. The molecular weight excluding hydrogens is 250 g/mol. The van der Waals surface area contributed by atoms with Crippen LogP contribution in [0.2, 0.25) is 0 Å². The van der Waals surface area contributed by atoms with E-state index in [0.717, 1.165) is 44.7 Å². The van der Waals surface area contributed by atoms with Crippen molar-refractivity contribution < 1.29 is 4.79 Å².